The summed E-state index contributed by atoms with van der Waals surface area (Å²) in [5.74, 6) is 0.0894. The van der Waals surface area contributed by atoms with Gasteiger partial charge in [-0.1, -0.05) is 37.3 Å². The Morgan fingerprint density at radius 1 is 1.18 bits per heavy atom. The molecular formula is C14H22N2O. The minimum absolute atomic E-state index is 0.0894. The molecule has 0 radical (unpaired) electrons. The molecule has 94 valence electrons. The molecule has 0 bridgehead atoms. The van der Waals surface area contributed by atoms with Gasteiger partial charge in [0.15, 0.2) is 0 Å². The van der Waals surface area contributed by atoms with Crippen LogP contribution in [0.3, 0.4) is 0 Å². The first-order chi connectivity index (χ1) is 8.33. The molecule has 1 rings (SSSR count). The standard InChI is InChI=1S/C14H22N2O/c1-2-10-15-12-14(17)16-11-6-9-13-7-4-3-5-8-13/h3-5,7-8,15H,2,6,9-12H2,1H3,(H,16,17). The summed E-state index contributed by atoms with van der Waals surface area (Å²) in [6.45, 7) is 4.17. The minimum Gasteiger partial charge on any atom is -0.355 e. The molecule has 0 fully saturated rings. The molecule has 0 spiro atoms. The maximum atomic E-state index is 11.4. The van der Waals surface area contributed by atoms with Crippen molar-refractivity contribution in [2.75, 3.05) is 19.6 Å². The number of carbonyl (C=O) groups is 1. The van der Waals surface area contributed by atoms with Gasteiger partial charge in [0.05, 0.1) is 6.54 Å². The minimum atomic E-state index is 0.0894. The molecule has 17 heavy (non-hydrogen) atoms. The fourth-order valence-corrected chi connectivity index (χ4v) is 1.61. The Labute approximate surface area is 104 Å². The predicted molar refractivity (Wildman–Crippen MR) is 70.9 cm³/mol. The van der Waals surface area contributed by atoms with Gasteiger partial charge >= 0.3 is 0 Å². The van der Waals surface area contributed by atoms with Crippen LogP contribution in [0.15, 0.2) is 30.3 Å². The van der Waals surface area contributed by atoms with Crippen molar-refractivity contribution < 1.29 is 4.79 Å². The normalized spacial score (nSPS) is 10.2. The molecule has 0 aliphatic carbocycles. The van der Waals surface area contributed by atoms with E-state index in [-0.39, 0.29) is 5.91 Å². The molecule has 0 aromatic heterocycles. The van der Waals surface area contributed by atoms with Crippen LogP contribution >= 0.6 is 0 Å². The molecular weight excluding hydrogens is 212 g/mol. The Bertz CT molecular complexity index is 311. The number of hydrogen-bond donors (Lipinski definition) is 2. The van der Waals surface area contributed by atoms with Crippen molar-refractivity contribution in [1.29, 1.82) is 0 Å². The van der Waals surface area contributed by atoms with E-state index in [0.29, 0.717) is 6.54 Å². The smallest absolute Gasteiger partial charge is 0.233 e. The van der Waals surface area contributed by atoms with Crippen LogP contribution in [0.5, 0.6) is 0 Å². The second-order valence-electron chi connectivity index (χ2n) is 4.12. The molecule has 3 heteroatoms. The molecule has 0 saturated heterocycles. The van der Waals surface area contributed by atoms with Crippen molar-refractivity contribution in [1.82, 2.24) is 10.6 Å². The van der Waals surface area contributed by atoms with Gasteiger partial charge in [0.2, 0.25) is 5.91 Å². The summed E-state index contributed by atoms with van der Waals surface area (Å²) in [6, 6.07) is 10.3. The number of hydrogen-bond acceptors (Lipinski definition) is 2. The van der Waals surface area contributed by atoms with Crippen LogP contribution in [0, 0.1) is 0 Å². The average molecular weight is 234 g/mol. The Balaban J connectivity index is 2.02. The molecule has 0 aliphatic rings. The number of nitrogens with one attached hydrogen (secondary N) is 2. The number of rotatable bonds is 8. The van der Waals surface area contributed by atoms with E-state index in [1.165, 1.54) is 5.56 Å². The highest BCUT2D eigenvalue weighted by Crippen LogP contribution is 2.01. The van der Waals surface area contributed by atoms with Gasteiger partial charge in [0, 0.05) is 6.54 Å². The topological polar surface area (TPSA) is 41.1 Å². The van der Waals surface area contributed by atoms with E-state index in [1.54, 1.807) is 0 Å². The predicted octanol–water partition coefficient (Wildman–Crippen LogP) is 1.73. The zero-order valence-corrected chi connectivity index (χ0v) is 10.5. The van der Waals surface area contributed by atoms with Gasteiger partial charge in [-0.3, -0.25) is 4.79 Å². The highest BCUT2D eigenvalue weighted by molar-refractivity contribution is 5.77. The fraction of sp³-hybridized carbons (Fsp3) is 0.500. The number of benzene rings is 1. The Morgan fingerprint density at radius 3 is 2.65 bits per heavy atom. The third-order valence-corrected chi connectivity index (χ3v) is 2.52. The second-order valence-corrected chi connectivity index (χ2v) is 4.12. The number of aryl methyl sites for hydroxylation is 1. The lowest BCUT2D eigenvalue weighted by Crippen LogP contribution is -2.34. The van der Waals surface area contributed by atoms with Crippen molar-refractivity contribution in [3.05, 3.63) is 35.9 Å². The van der Waals surface area contributed by atoms with Crippen LogP contribution in [-0.2, 0) is 11.2 Å². The molecule has 1 aromatic carbocycles. The zero-order valence-electron chi connectivity index (χ0n) is 10.5. The van der Waals surface area contributed by atoms with E-state index in [9.17, 15) is 4.79 Å². The quantitative estimate of drug-likeness (QED) is 0.673. The third-order valence-electron chi connectivity index (χ3n) is 2.52. The molecule has 1 amide bonds. The van der Waals surface area contributed by atoms with E-state index in [1.807, 2.05) is 18.2 Å². The molecule has 0 saturated carbocycles. The van der Waals surface area contributed by atoms with Crippen molar-refractivity contribution in [3.63, 3.8) is 0 Å². The molecule has 2 N–H and O–H groups in total. The van der Waals surface area contributed by atoms with Crippen molar-refractivity contribution in [2.45, 2.75) is 26.2 Å². The van der Waals surface area contributed by atoms with Gasteiger partial charge < -0.3 is 10.6 Å². The van der Waals surface area contributed by atoms with Crippen molar-refractivity contribution >= 4 is 5.91 Å². The van der Waals surface area contributed by atoms with Crippen LogP contribution in [0.4, 0.5) is 0 Å². The van der Waals surface area contributed by atoms with E-state index >= 15 is 0 Å². The van der Waals surface area contributed by atoms with E-state index in [2.05, 4.69) is 29.7 Å². The summed E-state index contributed by atoms with van der Waals surface area (Å²) in [5.41, 5.74) is 1.32. The fourth-order valence-electron chi connectivity index (χ4n) is 1.61. The zero-order chi connectivity index (χ0) is 12.3. The largest absolute Gasteiger partial charge is 0.355 e. The van der Waals surface area contributed by atoms with Gasteiger partial charge in [-0.15, -0.1) is 0 Å². The first kappa shape index (κ1) is 13.7. The number of amides is 1. The van der Waals surface area contributed by atoms with Crippen molar-refractivity contribution in [2.24, 2.45) is 0 Å². The highest BCUT2D eigenvalue weighted by Gasteiger charge is 1.98. The molecule has 0 heterocycles. The summed E-state index contributed by atoms with van der Waals surface area (Å²) < 4.78 is 0. The van der Waals surface area contributed by atoms with Crippen LogP contribution in [0.2, 0.25) is 0 Å². The van der Waals surface area contributed by atoms with Gasteiger partial charge in [-0.2, -0.15) is 0 Å². The van der Waals surface area contributed by atoms with Crippen LogP contribution in [-0.4, -0.2) is 25.5 Å². The lowest BCUT2D eigenvalue weighted by atomic mass is 10.1. The highest BCUT2D eigenvalue weighted by atomic mass is 16.1. The Kier molecular flexibility index (Phi) is 7.07. The van der Waals surface area contributed by atoms with Gasteiger partial charge in [0.1, 0.15) is 0 Å². The summed E-state index contributed by atoms with van der Waals surface area (Å²) in [6.07, 6.45) is 3.06. The second kappa shape index (κ2) is 8.76. The Morgan fingerprint density at radius 2 is 1.94 bits per heavy atom. The summed E-state index contributed by atoms with van der Waals surface area (Å²) in [5, 5.41) is 5.99. The van der Waals surface area contributed by atoms with Gasteiger partial charge in [-0.25, -0.2) is 0 Å². The molecule has 0 atom stereocenters. The lowest BCUT2D eigenvalue weighted by Gasteiger charge is -2.06. The van der Waals surface area contributed by atoms with E-state index < -0.39 is 0 Å². The van der Waals surface area contributed by atoms with Gasteiger partial charge in [-0.05, 0) is 31.4 Å². The molecule has 0 unspecified atom stereocenters. The summed E-state index contributed by atoms with van der Waals surface area (Å²) in [4.78, 5) is 11.4. The van der Waals surface area contributed by atoms with E-state index in [0.717, 1.165) is 32.4 Å². The van der Waals surface area contributed by atoms with Crippen LogP contribution in [0.25, 0.3) is 0 Å². The maximum Gasteiger partial charge on any atom is 0.233 e. The third kappa shape index (κ3) is 6.74. The van der Waals surface area contributed by atoms with Crippen LogP contribution in [0.1, 0.15) is 25.3 Å². The van der Waals surface area contributed by atoms with Crippen molar-refractivity contribution in [3.8, 4) is 0 Å². The number of carbonyl (C=O) groups excluding carboxylic acids is 1. The maximum absolute atomic E-state index is 11.4. The lowest BCUT2D eigenvalue weighted by molar-refractivity contribution is -0.120. The Hall–Kier alpha value is -1.35. The first-order valence-electron chi connectivity index (χ1n) is 6.34. The summed E-state index contributed by atoms with van der Waals surface area (Å²) >= 11 is 0. The van der Waals surface area contributed by atoms with Crippen LogP contribution < -0.4 is 10.6 Å². The molecule has 3 nitrogen and oxygen atoms in total. The monoisotopic (exact) mass is 234 g/mol. The average Bonchev–Trinajstić information content (AvgIpc) is 2.36. The first-order valence-corrected chi connectivity index (χ1v) is 6.34. The van der Waals surface area contributed by atoms with E-state index in [4.69, 9.17) is 0 Å². The molecule has 1 aromatic rings. The van der Waals surface area contributed by atoms with Gasteiger partial charge in [0.25, 0.3) is 0 Å². The SMILES string of the molecule is CCCNCC(=O)NCCCc1ccccc1. The summed E-state index contributed by atoms with van der Waals surface area (Å²) in [7, 11) is 0. The molecule has 0 aliphatic heterocycles.